The second-order valence-electron chi connectivity index (χ2n) is 19.4. The topological polar surface area (TPSA) is 86.7 Å². The van der Waals surface area contributed by atoms with Gasteiger partial charge in [0.15, 0.2) is 9.84 Å². The summed E-state index contributed by atoms with van der Waals surface area (Å²) < 4.78 is 24.0. The molecule has 6 aliphatic carbocycles. The van der Waals surface area contributed by atoms with Gasteiger partial charge in [-0.05, 0) is 146 Å². The average molecular weight is 695 g/mol. The lowest BCUT2D eigenvalue weighted by molar-refractivity contribution is -0.221. The van der Waals surface area contributed by atoms with E-state index in [1.165, 1.54) is 68.1 Å². The van der Waals surface area contributed by atoms with Gasteiger partial charge in [0.2, 0.25) is 0 Å². The van der Waals surface area contributed by atoms with Crippen molar-refractivity contribution in [3.05, 3.63) is 35.5 Å². The monoisotopic (exact) mass is 694 g/mol. The molecule has 0 aromatic carbocycles. The zero-order chi connectivity index (χ0) is 35.2. The number of sulfone groups is 1. The maximum Gasteiger partial charge on any atom is 0.303 e. The Balaban J connectivity index is 1.13. The summed E-state index contributed by atoms with van der Waals surface area (Å²) in [6.45, 7) is 23.3. The highest BCUT2D eigenvalue weighted by atomic mass is 32.2. The van der Waals surface area contributed by atoms with Gasteiger partial charge in [0, 0.05) is 31.7 Å². The summed E-state index contributed by atoms with van der Waals surface area (Å²) in [5.74, 6) is 3.34. The number of rotatable bonds is 8. The Morgan fingerprint density at radius 3 is 2.39 bits per heavy atom. The number of carboxylic acid groups (broad SMARTS) is 1. The number of carboxylic acids is 1. The van der Waals surface area contributed by atoms with Crippen molar-refractivity contribution in [3.63, 3.8) is 0 Å². The van der Waals surface area contributed by atoms with E-state index in [-0.39, 0.29) is 28.7 Å². The number of hydrogen-bond donors (Lipinski definition) is 2. The first-order chi connectivity index (χ1) is 23.0. The molecule has 6 nitrogen and oxygen atoms in total. The van der Waals surface area contributed by atoms with E-state index in [2.05, 4.69) is 70.5 Å². The van der Waals surface area contributed by atoms with Crippen LogP contribution in [0.5, 0.6) is 0 Å². The first-order valence-electron chi connectivity index (χ1n) is 19.9. The molecule has 0 radical (unpaired) electrons. The molecular formula is C42H66N2O4S. The highest BCUT2D eigenvalue weighted by Crippen LogP contribution is 2.76. The van der Waals surface area contributed by atoms with E-state index in [4.69, 9.17) is 0 Å². The molecule has 0 aromatic heterocycles. The fourth-order valence-corrected chi connectivity index (χ4v) is 15.7. The number of carbonyl (C=O) groups is 1. The first-order valence-corrected chi connectivity index (χ1v) is 21.7. The fourth-order valence-electron chi connectivity index (χ4n) is 14.4. The van der Waals surface area contributed by atoms with Gasteiger partial charge in [-0.25, -0.2) is 8.42 Å². The van der Waals surface area contributed by atoms with Crippen LogP contribution in [0.1, 0.15) is 119 Å². The van der Waals surface area contributed by atoms with Crippen molar-refractivity contribution in [2.24, 2.45) is 57.2 Å². The highest BCUT2D eigenvalue weighted by Gasteiger charge is 2.70. The molecule has 10 unspecified atom stereocenters. The largest absolute Gasteiger partial charge is 0.481 e. The third-order valence-corrected chi connectivity index (χ3v) is 18.6. The Hall–Kier alpha value is -1.44. The predicted octanol–water partition coefficient (Wildman–Crippen LogP) is 8.06. The average Bonchev–Trinajstić information content (AvgIpc) is 3.63. The number of hydrogen-bond acceptors (Lipinski definition) is 5. The molecule has 1 heterocycles. The van der Waals surface area contributed by atoms with Gasteiger partial charge in [0.05, 0.1) is 17.9 Å². The minimum Gasteiger partial charge on any atom is -0.481 e. The van der Waals surface area contributed by atoms with Crippen molar-refractivity contribution >= 4 is 15.8 Å². The zero-order valence-electron chi connectivity index (χ0n) is 31.6. The molecule has 10 atom stereocenters. The molecule has 4 saturated carbocycles. The quantitative estimate of drug-likeness (QED) is 0.250. The molecule has 7 aliphatic rings. The van der Waals surface area contributed by atoms with Crippen molar-refractivity contribution < 1.29 is 18.3 Å². The normalized spacial score (nSPS) is 45.7. The minimum atomic E-state index is -2.86. The molecule has 7 rings (SSSR count). The van der Waals surface area contributed by atoms with Gasteiger partial charge in [-0.2, -0.15) is 0 Å². The molecular weight excluding hydrogens is 629 g/mol. The minimum absolute atomic E-state index is 0.0940. The molecule has 1 saturated heterocycles. The van der Waals surface area contributed by atoms with Crippen LogP contribution in [-0.2, 0) is 14.6 Å². The molecule has 0 bridgehead atoms. The van der Waals surface area contributed by atoms with E-state index >= 15 is 0 Å². The summed E-state index contributed by atoms with van der Waals surface area (Å²) in [4.78, 5) is 13.8. The summed E-state index contributed by atoms with van der Waals surface area (Å²) >= 11 is 0. The van der Waals surface area contributed by atoms with E-state index in [9.17, 15) is 18.3 Å². The van der Waals surface area contributed by atoms with Crippen LogP contribution in [0.2, 0.25) is 0 Å². The highest BCUT2D eigenvalue weighted by molar-refractivity contribution is 7.91. The smallest absolute Gasteiger partial charge is 0.303 e. The number of allylic oxidation sites excluding steroid dienone is 5. The second-order valence-corrected chi connectivity index (χ2v) is 21.7. The third kappa shape index (κ3) is 5.68. The standard InChI is InChI=1S/C42H66N2O4S/c1-28(2)31-12-17-42(43-20-21-44-22-24-49(47,48)25-23-44)19-18-40(6)33(37(31)42)10-11-35-39(5)15-13-32(30-9-8-29(26-30)27-36(45)46)38(3,4)34(39)14-16-41(35,40)7/h13,26,29,31,33-35,37,43H,1,8-12,14-25,27H2,2-7H3,(H,45,46). The van der Waals surface area contributed by atoms with Crippen LogP contribution in [0, 0.1) is 57.2 Å². The van der Waals surface area contributed by atoms with E-state index in [0.29, 0.717) is 65.0 Å². The lowest BCUT2D eigenvalue weighted by Gasteiger charge is -2.72. The molecule has 0 aromatic rings. The van der Waals surface area contributed by atoms with Crippen molar-refractivity contribution in [2.75, 3.05) is 37.7 Å². The second kappa shape index (κ2) is 12.3. The summed E-state index contributed by atoms with van der Waals surface area (Å²) in [6.07, 6.45) is 18.6. The van der Waals surface area contributed by atoms with Crippen molar-refractivity contribution in [2.45, 2.75) is 124 Å². The third-order valence-electron chi connectivity index (χ3n) is 17.0. The molecule has 5 fully saturated rings. The Morgan fingerprint density at radius 1 is 0.959 bits per heavy atom. The van der Waals surface area contributed by atoms with Crippen LogP contribution in [0.15, 0.2) is 35.5 Å². The van der Waals surface area contributed by atoms with Gasteiger partial charge in [0.1, 0.15) is 0 Å². The summed E-state index contributed by atoms with van der Waals surface area (Å²) in [7, 11) is -2.86. The van der Waals surface area contributed by atoms with Crippen LogP contribution >= 0.6 is 0 Å². The van der Waals surface area contributed by atoms with Crippen LogP contribution in [-0.4, -0.2) is 67.6 Å². The van der Waals surface area contributed by atoms with E-state index in [1.807, 2.05) is 0 Å². The predicted molar refractivity (Wildman–Crippen MR) is 199 cm³/mol. The van der Waals surface area contributed by atoms with E-state index < -0.39 is 15.8 Å². The van der Waals surface area contributed by atoms with Crippen molar-refractivity contribution in [3.8, 4) is 0 Å². The number of fused-ring (bicyclic) bond motifs is 7. The van der Waals surface area contributed by atoms with Crippen molar-refractivity contribution in [1.29, 1.82) is 0 Å². The maximum absolute atomic E-state index is 12.0. The van der Waals surface area contributed by atoms with Crippen LogP contribution in [0.3, 0.4) is 0 Å². The summed E-state index contributed by atoms with van der Waals surface area (Å²) in [5.41, 5.74) is 5.47. The maximum atomic E-state index is 12.0. The Bertz CT molecular complexity index is 1520. The van der Waals surface area contributed by atoms with Crippen LogP contribution in [0.25, 0.3) is 0 Å². The Morgan fingerprint density at radius 2 is 1.69 bits per heavy atom. The first kappa shape index (κ1) is 35.9. The summed E-state index contributed by atoms with van der Waals surface area (Å²) in [6, 6.07) is 0. The molecule has 49 heavy (non-hydrogen) atoms. The van der Waals surface area contributed by atoms with Crippen LogP contribution in [0.4, 0.5) is 0 Å². The van der Waals surface area contributed by atoms with Crippen LogP contribution < -0.4 is 5.32 Å². The van der Waals surface area contributed by atoms with Gasteiger partial charge in [-0.1, -0.05) is 58.9 Å². The van der Waals surface area contributed by atoms with Gasteiger partial charge >= 0.3 is 5.97 Å². The SMILES string of the molecule is C=C(C)C1CCC2(NCCN3CCS(=O)(=O)CC3)CCC3(C)C(CCC4C5(C)CC=C(C6=CC(CC(=O)O)CC6)C(C)(C)C5CCC43C)C12. The lowest BCUT2D eigenvalue weighted by atomic mass is 9.33. The zero-order valence-corrected chi connectivity index (χ0v) is 32.4. The molecule has 2 N–H and O–H groups in total. The fraction of sp³-hybridized carbons (Fsp3) is 0.833. The summed E-state index contributed by atoms with van der Waals surface area (Å²) in [5, 5.41) is 13.7. The van der Waals surface area contributed by atoms with E-state index in [1.54, 1.807) is 0 Å². The number of nitrogens with zero attached hydrogens (tertiary/aromatic N) is 1. The lowest BCUT2D eigenvalue weighted by Crippen LogP contribution is -2.68. The Kier molecular flexibility index (Phi) is 9.04. The molecule has 274 valence electrons. The van der Waals surface area contributed by atoms with Gasteiger partial charge in [-0.15, -0.1) is 0 Å². The van der Waals surface area contributed by atoms with Gasteiger partial charge in [-0.3, -0.25) is 4.79 Å². The van der Waals surface area contributed by atoms with Gasteiger partial charge in [0.25, 0.3) is 0 Å². The number of nitrogens with one attached hydrogen (secondary N) is 1. The van der Waals surface area contributed by atoms with Gasteiger partial charge < -0.3 is 15.3 Å². The number of aliphatic carboxylic acids is 1. The van der Waals surface area contributed by atoms with Crippen molar-refractivity contribution in [1.82, 2.24) is 10.2 Å². The molecule has 0 spiro atoms. The molecule has 0 amide bonds. The molecule has 7 heteroatoms. The van der Waals surface area contributed by atoms with E-state index in [0.717, 1.165) is 32.4 Å². The molecule has 1 aliphatic heterocycles. The Labute approximate surface area is 297 Å².